The number of benzene rings is 1. The van der Waals surface area contributed by atoms with Crippen molar-refractivity contribution < 1.29 is 9.18 Å². The Balaban J connectivity index is 1.81. The molecular weight excluding hydrogens is 293 g/mol. The third-order valence-corrected chi connectivity index (χ3v) is 3.47. The molecule has 0 bridgehead atoms. The first-order chi connectivity index (χ1) is 11.2. The number of halogens is 1. The number of unbranched alkanes of at least 4 members (excludes halogenated alkanes) is 2. The van der Waals surface area contributed by atoms with Crippen molar-refractivity contribution in [2.45, 2.75) is 32.7 Å². The van der Waals surface area contributed by atoms with Crippen LogP contribution in [0.1, 0.15) is 42.2 Å². The highest BCUT2D eigenvalue weighted by Crippen LogP contribution is 2.09. The lowest BCUT2D eigenvalue weighted by molar-refractivity contribution is 0.0948. The number of carbonyl (C=O) groups excluding carboxylic acids is 1. The summed E-state index contributed by atoms with van der Waals surface area (Å²) in [7, 11) is 0. The molecule has 0 saturated heterocycles. The maximum atomic E-state index is 12.8. The van der Waals surface area contributed by atoms with Crippen molar-refractivity contribution in [3.8, 4) is 0 Å². The molecule has 2 rings (SSSR count). The largest absolute Gasteiger partial charge is 0.380 e. The summed E-state index contributed by atoms with van der Waals surface area (Å²) in [6.45, 7) is 3.38. The van der Waals surface area contributed by atoms with Crippen LogP contribution in [0.3, 0.4) is 0 Å². The molecule has 5 heteroatoms. The fraction of sp³-hybridized carbons (Fsp3) is 0.333. The zero-order chi connectivity index (χ0) is 16.5. The number of hydrogen-bond donors (Lipinski definition) is 2. The van der Waals surface area contributed by atoms with E-state index in [0.29, 0.717) is 18.8 Å². The SMILES string of the molecule is CCCCCNC(=O)c1ccc(NCc2ccc(F)cc2)cn1. The van der Waals surface area contributed by atoms with E-state index < -0.39 is 0 Å². The fourth-order valence-corrected chi connectivity index (χ4v) is 2.11. The zero-order valence-corrected chi connectivity index (χ0v) is 13.3. The summed E-state index contributed by atoms with van der Waals surface area (Å²) in [4.78, 5) is 16.1. The Kier molecular flexibility index (Phi) is 6.54. The molecule has 2 aromatic rings. The van der Waals surface area contributed by atoms with E-state index in [9.17, 15) is 9.18 Å². The molecular formula is C18H22FN3O. The standard InChI is InChI=1S/C18H22FN3O/c1-2-3-4-11-20-18(23)17-10-9-16(13-22-17)21-12-14-5-7-15(19)8-6-14/h5-10,13,21H,2-4,11-12H2,1H3,(H,20,23). The second-order valence-electron chi connectivity index (χ2n) is 5.38. The van der Waals surface area contributed by atoms with Crippen molar-refractivity contribution in [1.29, 1.82) is 0 Å². The molecule has 0 fully saturated rings. The summed E-state index contributed by atoms with van der Waals surface area (Å²) >= 11 is 0. The first kappa shape index (κ1) is 16.9. The number of carbonyl (C=O) groups is 1. The van der Waals surface area contributed by atoms with E-state index in [1.165, 1.54) is 12.1 Å². The zero-order valence-electron chi connectivity index (χ0n) is 13.3. The highest BCUT2D eigenvalue weighted by atomic mass is 19.1. The summed E-state index contributed by atoms with van der Waals surface area (Å²) in [6.07, 6.45) is 4.85. The van der Waals surface area contributed by atoms with Gasteiger partial charge in [0.25, 0.3) is 5.91 Å². The molecule has 0 radical (unpaired) electrons. The Hall–Kier alpha value is -2.43. The number of amides is 1. The van der Waals surface area contributed by atoms with Crippen LogP contribution in [0.15, 0.2) is 42.6 Å². The Bertz CT molecular complexity index is 611. The lowest BCUT2D eigenvalue weighted by Gasteiger charge is -2.08. The van der Waals surface area contributed by atoms with Gasteiger partial charge in [-0.3, -0.25) is 4.79 Å². The number of anilines is 1. The van der Waals surface area contributed by atoms with Gasteiger partial charge in [-0.2, -0.15) is 0 Å². The minimum atomic E-state index is -0.246. The third-order valence-electron chi connectivity index (χ3n) is 3.47. The lowest BCUT2D eigenvalue weighted by Crippen LogP contribution is -2.25. The van der Waals surface area contributed by atoms with Gasteiger partial charge in [0, 0.05) is 13.1 Å². The molecule has 122 valence electrons. The van der Waals surface area contributed by atoms with Gasteiger partial charge in [0.1, 0.15) is 11.5 Å². The van der Waals surface area contributed by atoms with E-state index in [4.69, 9.17) is 0 Å². The molecule has 0 aliphatic heterocycles. The molecule has 0 saturated carbocycles. The average molecular weight is 315 g/mol. The fourth-order valence-electron chi connectivity index (χ4n) is 2.11. The molecule has 0 spiro atoms. The van der Waals surface area contributed by atoms with Gasteiger partial charge in [0.15, 0.2) is 0 Å². The smallest absolute Gasteiger partial charge is 0.269 e. The third kappa shape index (κ3) is 5.70. The first-order valence-corrected chi connectivity index (χ1v) is 7.91. The van der Waals surface area contributed by atoms with Crippen molar-refractivity contribution in [2.24, 2.45) is 0 Å². The van der Waals surface area contributed by atoms with Gasteiger partial charge in [-0.1, -0.05) is 31.9 Å². The topological polar surface area (TPSA) is 54.0 Å². The van der Waals surface area contributed by atoms with Gasteiger partial charge < -0.3 is 10.6 Å². The minimum absolute atomic E-state index is 0.147. The van der Waals surface area contributed by atoms with Crippen molar-refractivity contribution in [3.05, 3.63) is 59.7 Å². The number of hydrogen-bond acceptors (Lipinski definition) is 3. The van der Waals surface area contributed by atoms with E-state index in [0.717, 1.165) is 30.5 Å². The van der Waals surface area contributed by atoms with Gasteiger partial charge in [-0.05, 0) is 36.2 Å². The molecule has 0 atom stereocenters. The highest BCUT2D eigenvalue weighted by Gasteiger charge is 2.06. The molecule has 0 aliphatic rings. The van der Waals surface area contributed by atoms with Crippen molar-refractivity contribution in [2.75, 3.05) is 11.9 Å². The van der Waals surface area contributed by atoms with Crippen LogP contribution >= 0.6 is 0 Å². The van der Waals surface area contributed by atoms with E-state index in [1.807, 2.05) is 6.07 Å². The van der Waals surface area contributed by atoms with E-state index in [1.54, 1.807) is 24.4 Å². The second kappa shape index (κ2) is 8.88. The molecule has 0 unspecified atom stereocenters. The summed E-state index contributed by atoms with van der Waals surface area (Å²) < 4.78 is 12.8. The maximum absolute atomic E-state index is 12.8. The quantitative estimate of drug-likeness (QED) is 0.729. The van der Waals surface area contributed by atoms with Crippen molar-refractivity contribution in [3.63, 3.8) is 0 Å². The second-order valence-corrected chi connectivity index (χ2v) is 5.38. The normalized spacial score (nSPS) is 10.3. The van der Waals surface area contributed by atoms with Gasteiger partial charge in [0.2, 0.25) is 0 Å². The predicted molar refractivity (Wildman–Crippen MR) is 89.8 cm³/mol. The highest BCUT2D eigenvalue weighted by molar-refractivity contribution is 5.92. The lowest BCUT2D eigenvalue weighted by atomic mass is 10.2. The maximum Gasteiger partial charge on any atom is 0.269 e. The van der Waals surface area contributed by atoms with Crippen LogP contribution in [0.5, 0.6) is 0 Å². The summed E-state index contributed by atoms with van der Waals surface area (Å²) in [6, 6.07) is 9.84. The van der Waals surface area contributed by atoms with E-state index in [2.05, 4.69) is 22.5 Å². The van der Waals surface area contributed by atoms with Gasteiger partial charge in [-0.25, -0.2) is 9.37 Å². The number of nitrogens with one attached hydrogen (secondary N) is 2. The van der Waals surface area contributed by atoms with Crippen LogP contribution < -0.4 is 10.6 Å². The Morgan fingerprint density at radius 1 is 1.13 bits per heavy atom. The van der Waals surface area contributed by atoms with Crippen LogP contribution in [-0.4, -0.2) is 17.4 Å². The molecule has 0 aliphatic carbocycles. The summed E-state index contributed by atoms with van der Waals surface area (Å²) in [5, 5.41) is 6.05. The predicted octanol–water partition coefficient (Wildman–Crippen LogP) is 3.75. The Morgan fingerprint density at radius 2 is 1.91 bits per heavy atom. The number of aromatic nitrogens is 1. The van der Waals surface area contributed by atoms with Crippen LogP contribution in [0, 0.1) is 5.82 Å². The minimum Gasteiger partial charge on any atom is -0.380 e. The number of rotatable bonds is 8. The molecule has 1 amide bonds. The summed E-state index contributed by atoms with van der Waals surface area (Å²) in [5.41, 5.74) is 2.20. The molecule has 1 aromatic heterocycles. The van der Waals surface area contributed by atoms with E-state index in [-0.39, 0.29) is 11.7 Å². The van der Waals surface area contributed by atoms with Crippen LogP contribution in [0.4, 0.5) is 10.1 Å². The monoisotopic (exact) mass is 315 g/mol. The van der Waals surface area contributed by atoms with Gasteiger partial charge in [-0.15, -0.1) is 0 Å². The van der Waals surface area contributed by atoms with Gasteiger partial charge >= 0.3 is 0 Å². The number of pyridine rings is 1. The Labute approximate surface area is 136 Å². The average Bonchev–Trinajstić information content (AvgIpc) is 2.58. The molecule has 1 heterocycles. The molecule has 1 aromatic carbocycles. The number of nitrogens with zero attached hydrogens (tertiary/aromatic N) is 1. The van der Waals surface area contributed by atoms with Crippen LogP contribution in [0.2, 0.25) is 0 Å². The van der Waals surface area contributed by atoms with Crippen molar-refractivity contribution in [1.82, 2.24) is 10.3 Å². The van der Waals surface area contributed by atoms with Crippen LogP contribution in [0.25, 0.3) is 0 Å². The first-order valence-electron chi connectivity index (χ1n) is 7.91. The molecule has 23 heavy (non-hydrogen) atoms. The van der Waals surface area contributed by atoms with Gasteiger partial charge in [0.05, 0.1) is 11.9 Å². The summed E-state index contributed by atoms with van der Waals surface area (Å²) in [5.74, 6) is -0.393. The van der Waals surface area contributed by atoms with E-state index >= 15 is 0 Å². The van der Waals surface area contributed by atoms with Crippen LogP contribution in [-0.2, 0) is 6.54 Å². The molecule has 2 N–H and O–H groups in total. The Morgan fingerprint density at radius 3 is 2.57 bits per heavy atom. The van der Waals surface area contributed by atoms with Crippen molar-refractivity contribution >= 4 is 11.6 Å². The molecule has 4 nitrogen and oxygen atoms in total.